The zero-order chi connectivity index (χ0) is 8.32. The molecule has 0 bridgehead atoms. The Morgan fingerprint density at radius 3 is 2.64 bits per heavy atom. The molecule has 3 heteroatoms. The maximum atomic E-state index is 3.40. The molecule has 0 aromatic heterocycles. The molecule has 0 radical (unpaired) electrons. The van der Waals surface area contributed by atoms with E-state index >= 15 is 0 Å². The number of nitrogens with one attached hydrogen (secondary N) is 1. The van der Waals surface area contributed by atoms with Gasteiger partial charge in [0.1, 0.15) is 0 Å². The molecule has 0 unspecified atom stereocenters. The molecule has 1 heterocycles. The Bertz CT molecular complexity index is 112. The SMILES string of the molecule is CC(C)(I)N1CCCNCC1. The van der Waals surface area contributed by atoms with Crippen LogP contribution in [-0.4, -0.2) is 34.6 Å². The summed E-state index contributed by atoms with van der Waals surface area (Å²) in [7, 11) is 0. The number of hydrogen-bond acceptors (Lipinski definition) is 2. The molecule has 1 saturated heterocycles. The molecular weight excluding hydrogens is 251 g/mol. The van der Waals surface area contributed by atoms with E-state index in [1.165, 1.54) is 26.1 Å². The van der Waals surface area contributed by atoms with Crippen LogP contribution in [0.4, 0.5) is 0 Å². The lowest BCUT2D eigenvalue weighted by atomic mass is 10.3. The molecule has 66 valence electrons. The highest BCUT2D eigenvalue weighted by molar-refractivity contribution is 14.1. The average Bonchev–Trinajstić information content (AvgIpc) is 2.10. The van der Waals surface area contributed by atoms with Crippen molar-refractivity contribution in [1.29, 1.82) is 0 Å². The van der Waals surface area contributed by atoms with Gasteiger partial charge in [0.15, 0.2) is 0 Å². The summed E-state index contributed by atoms with van der Waals surface area (Å²) in [6, 6.07) is 0. The number of alkyl halides is 1. The molecule has 1 aliphatic rings. The second-order valence-electron chi connectivity index (χ2n) is 3.50. The van der Waals surface area contributed by atoms with Gasteiger partial charge in [-0.1, -0.05) is 22.6 Å². The van der Waals surface area contributed by atoms with Crippen molar-refractivity contribution in [3.63, 3.8) is 0 Å². The molecule has 0 aromatic carbocycles. The number of halogens is 1. The third-order valence-electron chi connectivity index (χ3n) is 2.09. The lowest BCUT2D eigenvalue weighted by molar-refractivity contribution is 0.224. The summed E-state index contributed by atoms with van der Waals surface area (Å²) in [5.74, 6) is 0. The van der Waals surface area contributed by atoms with E-state index < -0.39 is 0 Å². The standard InChI is InChI=1S/C8H17IN2/c1-8(2,9)11-6-3-4-10-5-7-11/h10H,3-7H2,1-2H3. The monoisotopic (exact) mass is 268 g/mol. The van der Waals surface area contributed by atoms with Crippen LogP contribution < -0.4 is 5.32 Å². The Morgan fingerprint density at radius 2 is 2.00 bits per heavy atom. The van der Waals surface area contributed by atoms with Crippen molar-refractivity contribution in [2.24, 2.45) is 0 Å². The van der Waals surface area contributed by atoms with Crippen LogP contribution in [0.15, 0.2) is 0 Å². The first-order valence-corrected chi connectivity index (χ1v) is 5.33. The van der Waals surface area contributed by atoms with Gasteiger partial charge in [0.05, 0.1) is 3.55 Å². The van der Waals surface area contributed by atoms with Crippen molar-refractivity contribution in [2.45, 2.75) is 23.8 Å². The van der Waals surface area contributed by atoms with Crippen LogP contribution in [0.2, 0.25) is 0 Å². The fourth-order valence-corrected chi connectivity index (χ4v) is 1.86. The van der Waals surface area contributed by atoms with E-state index in [2.05, 4.69) is 46.7 Å². The van der Waals surface area contributed by atoms with Gasteiger partial charge in [-0.25, -0.2) is 0 Å². The first-order valence-electron chi connectivity index (χ1n) is 4.25. The van der Waals surface area contributed by atoms with E-state index in [1.54, 1.807) is 0 Å². The average molecular weight is 268 g/mol. The molecule has 11 heavy (non-hydrogen) atoms. The predicted octanol–water partition coefficient (Wildman–Crippen LogP) is 1.45. The van der Waals surface area contributed by atoms with E-state index in [0.717, 1.165) is 6.54 Å². The van der Waals surface area contributed by atoms with Crippen LogP contribution in [-0.2, 0) is 0 Å². The van der Waals surface area contributed by atoms with E-state index in [0.29, 0.717) is 3.55 Å². The molecule has 0 aromatic rings. The molecule has 0 atom stereocenters. The molecule has 1 aliphatic heterocycles. The maximum Gasteiger partial charge on any atom is 0.0673 e. The van der Waals surface area contributed by atoms with Crippen LogP contribution >= 0.6 is 22.6 Å². The zero-order valence-electron chi connectivity index (χ0n) is 7.36. The van der Waals surface area contributed by atoms with Crippen LogP contribution in [0.25, 0.3) is 0 Å². The number of hydrogen-bond donors (Lipinski definition) is 1. The van der Waals surface area contributed by atoms with Crippen LogP contribution in [0, 0.1) is 0 Å². The van der Waals surface area contributed by atoms with Gasteiger partial charge in [0.25, 0.3) is 0 Å². The van der Waals surface area contributed by atoms with Gasteiger partial charge in [0, 0.05) is 19.6 Å². The number of nitrogens with zero attached hydrogens (tertiary/aromatic N) is 1. The first-order chi connectivity index (χ1) is 5.11. The minimum Gasteiger partial charge on any atom is -0.315 e. The van der Waals surface area contributed by atoms with Crippen LogP contribution in [0.5, 0.6) is 0 Å². The molecule has 1 fully saturated rings. The Morgan fingerprint density at radius 1 is 1.27 bits per heavy atom. The summed E-state index contributed by atoms with van der Waals surface area (Å²) >= 11 is 2.51. The lowest BCUT2D eigenvalue weighted by Crippen LogP contribution is -2.40. The number of rotatable bonds is 1. The van der Waals surface area contributed by atoms with Gasteiger partial charge >= 0.3 is 0 Å². The van der Waals surface area contributed by atoms with Crippen LogP contribution in [0.1, 0.15) is 20.3 Å². The highest BCUT2D eigenvalue weighted by Gasteiger charge is 2.22. The highest BCUT2D eigenvalue weighted by Crippen LogP contribution is 2.22. The summed E-state index contributed by atoms with van der Waals surface area (Å²) in [6.45, 7) is 9.31. The molecule has 1 N–H and O–H groups in total. The van der Waals surface area contributed by atoms with E-state index in [1.807, 2.05) is 0 Å². The highest BCUT2D eigenvalue weighted by atomic mass is 127. The fraction of sp³-hybridized carbons (Fsp3) is 1.00. The molecule has 0 spiro atoms. The predicted molar refractivity (Wildman–Crippen MR) is 57.2 cm³/mol. The van der Waals surface area contributed by atoms with Crippen molar-refractivity contribution in [3.8, 4) is 0 Å². The van der Waals surface area contributed by atoms with Gasteiger partial charge in [-0.15, -0.1) is 0 Å². The van der Waals surface area contributed by atoms with Gasteiger partial charge in [0.2, 0.25) is 0 Å². The van der Waals surface area contributed by atoms with E-state index in [4.69, 9.17) is 0 Å². The van der Waals surface area contributed by atoms with Gasteiger partial charge < -0.3 is 5.32 Å². The van der Waals surface area contributed by atoms with Crippen molar-refractivity contribution >= 4 is 22.6 Å². The summed E-state index contributed by atoms with van der Waals surface area (Å²) in [4.78, 5) is 2.54. The fourth-order valence-electron chi connectivity index (χ4n) is 1.38. The zero-order valence-corrected chi connectivity index (χ0v) is 9.52. The van der Waals surface area contributed by atoms with E-state index in [-0.39, 0.29) is 0 Å². The normalized spacial score (nSPS) is 23.2. The summed E-state index contributed by atoms with van der Waals surface area (Å²) in [5.41, 5.74) is 0. The maximum absolute atomic E-state index is 3.40. The smallest absolute Gasteiger partial charge is 0.0673 e. The van der Waals surface area contributed by atoms with Crippen molar-refractivity contribution in [3.05, 3.63) is 0 Å². The summed E-state index contributed by atoms with van der Waals surface area (Å²) < 4.78 is 0.323. The van der Waals surface area contributed by atoms with Gasteiger partial charge in [-0.05, 0) is 26.8 Å². The second kappa shape index (κ2) is 4.05. The van der Waals surface area contributed by atoms with E-state index in [9.17, 15) is 0 Å². The Kier molecular flexibility index (Phi) is 3.58. The largest absolute Gasteiger partial charge is 0.315 e. The van der Waals surface area contributed by atoms with Crippen molar-refractivity contribution in [2.75, 3.05) is 26.2 Å². The van der Waals surface area contributed by atoms with Crippen LogP contribution in [0.3, 0.4) is 0 Å². The molecule has 1 rings (SSSR count). The quantitative estimate of drug-likeness (QED) is 0.440. The van der Waals surface area contributed by atoms with Crippen molar-refractivity contribution < 1.29 is 0 Å². The Balaban J connectivity index is 2.43. The lowest BCUT2D eigenvalue weighted by Gasteiger charge is -2.32. The van der Waals surface area contributed by atoms with Gasteiger partial charge in [-0.3, -0.25) is 4.90 Å². The molecule has 0 amide bonds. The molecule has 0 aliphatic carbocycles. The summed E-state index contributed by atoms with van der Waals surface area (Å²) in [5, 5.41) is 3.40. The third-order valence-corrected chi connectivity index (χ3v) is 2.77. The topological polar surface area (TPSA) is 15.3 Å². The minimum atomic E-state index is 0.323. The summed E-state index contributed by atoms with van der Waals surface area (Å²) in [6.07, 6.45) is 1.28. The van der Waals surface area contributed by atoms with Gasteiger partial charge in [-0.2, -0.15) is 0 Å². The van der Waals surface area contributed by atoms with Crippen molar-refractivity contribution in [1.82, 2.24) is 10.2 Å². The molecule has 0 saturated carbocycles. The third kappa shape index (κ3) is 3.25. The minimum absolute atomic E-state index is 0.323. The Labute approximate surface area is 82.9 Å². The second-order valence-corrected chi connectivity index (χ2v) is 6.14. The Hall–Kier alpha value is 0.650. The first kappa shape index (κ1) is 9.74. The molecule has 2 nitrogen and oxygen atoms in total. The molecular formula is C8H17IN2.